The number of carbonyl (C=O) groups excluding carboxylic acids is 1. The van der Waals surface area contributed by atoms with Gasteiger partial charge in [-0.15, -0.1) is 0 Å². The maximum Gasteiger partial charge on any atom is 0.331 e. The fourth-order valence-electron chi connectivity index (χ4n) is 2.32. The van der Waals surface area contributed by atoms with Crippen LogP contribution in [0.25, 0.3) is 0 Å². The Kier molecular flexibility index (Phi) is 8.80. The molecular formula is C15H32O6Si3. The Hall–Kier alpha value is -0.749. The number of carboxylic acid groups (broad SMARTS) is 1. The average molecular weight is 393 g/mol. The van der Waals surface area contributed by atoms with E-state index < -0.39 is 37.1 Å². The molecule has 0 aliphatic heterocycles. The summed E-state index contributed by atoms with van der Waals surface area (Å²) >= 11 is 0. The van der Waals surface area contributed by atoms with Gasteiger partial charge in [0, 0.05) is 12.2 Å². The second kappa shape index (κ2) is 9.09. The highest BCUT2D eigenvalue weighted by atomic mass is 28.5. The highest BCUT2D eigenvalue weighted by Gasteiger charge is 2.40. The van der Waals surface area contributed by atoms with Crippen molar-refractivity contribution in [2.75, 3.05) is 0 Å². The zero-order valence-electron chi connectivity index (χ0n) is 16.1. The van der Waals surface area contributed by atoms with Gasteiger partial charge in [-0.3, -0.25) is 0 Å². The van der Waals surface area contributed by atoms with Crippen LogP contribution in [0.4, 0.5) is 0 Å². The monoisotopic (exact) mass is 392 g/mol. The molecule has 0 spiro atoms. The molecule has 0 amide bonds. The Balaban J connectivity index is 4.75. The molecule has 0 radical (unpaired) electrons. The van der Waals surface area contributed by atoms with Crippen LogP contribution >= 0.6 is 0 Å². The first-order valence-electron chi connectivity index (χ1n) is 8.14. The number of rotatable bonds is 10. The van der Waals surface area contributed by atoms with E-state index in [2.05, 4.69) is 45.8 Å². The van der Waals surface area contributed by atoms with Crippen molar-refractivity contribution >= 4 is 37.1 Å². The Morgan fingerprint density at radius 3 is 1.79 bits per heavy atom. The van der Waals surface area contributed by atoms with Gasteiger partial charge in [-0.2, -0.15) is 0 Å². The fraction of sp³-hybridized carbons (Fsp3) is 0.733. The minimum absolute atomic E-state index is 0.321. The summed E-state index contributed by atoms with van der Waals surface area (Å²) in [7, 11) is -5.84. The topological polar surface area (TPSA) is 82.1 Å². The molecule has 0 rings (SSSR count). The van der Waals surface area contributed by atoms with Crippen LogP contribution in [-0.2, 0) is 22.6 Å². The zero-order chi connectivity index (χ0) is 19.2. The van der Waals surface area contributed by atoms with E-state index >= 15 is 0 Å². The highest BCUT2D eigenvalue weighted by molar-refractivity contribution is 6.87. The highest BCUT2D eigenvalue weighted by Crippen LogP contribution is 2.26. The molecule has 0 fully saturated rings. The Morgan fingerprint density at radius 2 is 1.42 bits per heavy atom. The van der Waals surface area contributed by atoms with Crippen molar-refractivity contribution in [1.29, 1.82) is 0 Å². The molecule has 9 heteroatoms. The first kappa shape index (κ1) is 23.3. The summed E-state index contributed by atoms with van der Waals surface area (Å²) in [6.45, 7) is 16.8. The third-order valence-electron chi connectivity index (χ3n) is 2.73. The van der Waals surface area contributed by atoms with Gasteiger partial charge in [-0.05, 0) is 65.2 Å². The minimum atomic E-state index is -2.35. The third kappa shape index (κ3) is 12.6. The summed E-state index contributed by atoms with van der Waals surface area (Å²) in [5.74, 6) is -1.82. The van der Waals surface area contributed by atoms with Crippen LogP contribution in [0, 0.1) is 0 Å². The molecule has 6 nitrogen and oxygen atoms in total. The standard InChI is InChI=1S/C15H32O6Si3/c1-13(19-15(18)10-9-14(16)17)11-12-24(8,20-22(2,3)4)21-23(5,6)7/h9-10,13H,11-12H2,1-8H3,(H,16,17). The van der Waals surface area contributed by atoms with Crippen LogP contribution in [0.5, 0.6) is 0 Å². The van der Waals surface area contributed by atoms with Crippen molar-refractivity contribution in [3.8, 4) is 0 Å². The van der Waals surface area contributed by atoms with Gasteiger partial charge in [0.25, 0.3) is 0 Å². The summed E-state index contributed by atoms with van der Waals surface area (Å²) in [5.41, 5.74) is 0. The lowest BCUT2D eigenvalue weighted by atomic mass is 10.3. The van der Waals surface area contributed by atoms with Crippen molar-refractivity contribution in [2.45, 2.75) is 71.3 Å². The van der Waals surface area contributed by atoms with E-state index in [1.165, 1.54) is 0 Å². The summed E-state index contributed by atoms with van der Waals surface area (Å²) in [5, 5.41) is 8.51. The van der Waals surface area contributed by atoms with E-state index in [4.69, 9.17) is 18.1 Å². The molecule has 24 heavy (non-hydrogen) atoms. The predicted octanol–water partition coefficient (Wildman–Crippen LogP) is 3.72. The van der Waals surface area contributed by atoms with E-state index in [-0.39, 0.29) is 6.10 Å². The van der Waals surface area contributed by atoms with Crippen molar-refractivity contribution in [3.63, 3.8) is 0 Å². The van der Waals surface area contributed by atoms with Gasteiger partial charge in [0.1, 0.15) is 0 Å². The second-order valence-corrected chi connectivity index (χ2v) is 20.9. The summed E-state index contributed by atoms with van der Waals surface area (Å²) in [6, 6.07) is 0.735. The molecule has 0 aliphatic rings. The number of carboxylic acids is 1. The first-order valence-corrected chi connectivity index (χ1v) is 17.5. The van der Waals surface area contributed by atoms with Gasteiger partial charge in [-0.1, -0.05) is 0 Å². The average Bonchev–Trinajstić information content (AvgIpc) is 2.29. The molecule has 0 heterocycles. The van der Waals surface area contributed by atoms with E-state index in [0.717, 1.165) is 18.2 Å². The SMILES string of the molecule is CC(CC[Si](C)(O[Si](C)(C)C)O[Si](C)(C)C)OC(=O)C=CC(=O)O. The lowest BCUT2D eigenvalue weighted by Crippen LogP contribution is -2.52. The zero-order valence-corrected chi connectivity index (χ0v) is 19.1. The molecule has 0 aromatic rings. The molecule has 0 aromatic carbocycles. The largest absolute Gasteiger partial charge is 0.478 e. The fourth-order valence-corrected chi connectivity index (χ4v) is 15.0. The predicted molar refractivity (Wildman–Crippen MR) is 102 cm³/mol. The second-order valence-electron chi connectivity index (χ2n) is 8.02. The lowest BCUT2D eigenvalue weighted by Gasteiger charge is -2.38. The number of esters is 1. The summed E-state index contributed by atoms with van der Waals surface area (Å²) in [4.78, 5) is 21.9. The molecule has 140 valence electrons. The molecule has 0 saturated heterocycles. The molecular weight excluding hydrogens is 360 g/mol. The molecule has 1 unspecified atom stereocenters. The van der Waals surface area contributed by atoms with Gasteiger partial charge < -0.3 is 18.1 Å². The van der Waals surface area contributed by atoms with Gasteiger partial charge in [0.2, 0.25) is 0 Å². The first-order chi connectivity index (χ1) is 10.6. The van der Waals surface area contributed by atoms with Crippen LogP contribution in [0.1, 0.15) is 13.3 Å². The van der Waals surface area contributed by atoms with Crippen LogP contribution in [0.2, 0.25) is 51.9 Å². The third-order valence-corrected chi connectivity index (χ3v) is 12.3. The maximum absolute atomic E-state index is 11.5. The Morgan fingerprint density at radius 1 is 0.958 bits per heavy atom. The Bertz CT molecular complexity index is 449. The van der Waals surface area contributed by atoms with Crippen molar-refractivity contribution in [2.24, 2.45) is 0 Å². The lowest BCUT2D eigenvalue weighted by molar-refractivity contribution is -0.142. The molecule has 0 aromatic heterocycles. The molecule has 0 aliphatic carbocycles. The van der Waals surface area contributed by atoms with Crippen molar-refractivity contribution in [3.05, 3.63) is 12.2 Å². The van der Waals surface area contributed by atoms with Crippen LogP contribution in [0.15, 0.2) is 12.2 Å². The normalized spacial score (nSPS) is 14.7. The number of ether oxygens (including phenoxy) is 1. The number of aliphatic carboxylic acids is 1. The van der Waals surface area contributed by atoms with Crippen LogP contribution < -0.4 is 0 Å². The van der Waals surface area contributed by atoms with Crippen LogP contribution in [0.3, 0.4) is 0 Å². The van der Waals surface area contributed by atoms with Gasteiger partial charge >= 0.3 is 20.5 Å². The van der Waals surface area contributed by atoms with Crippen LogP contribution in [-0.4, -0.2) is 48.3 Å². The van der Waals surface area contributed by atoms with E-state index in [1.807, 2.05) is 0 Å². The van der Waals surface area contributed by atoms with Gasteiger partial charge in [-0.25, -0.2) is 9.59 Å². The van der Waals surface area contributed by atoms with Crippen molar-refractivity contribution in [1.82, 2.24) is 0 Å². The number of carbonyl (C=O) groups is 2. The molecule has 0 saturated carbocycles. The van der Waals surface area contributed by atoms with Gasteiger partial charge in [0.15, 0.2) is 16.6 Å². The number of hydrogen-bond acceptors (Lipinski definition) is 5. The molecule has 1 atom stereocenters. The van der Waals surface area contributed by atoms with Crippen molar-refractivity contribution < 1.29 is 27.7 Å². The molecule has 0 bridgehead atoms. The quantitative estimate of drug-likeness (QED) is 0.346. The smallest absolute Gasteiger partial charge is 0.331 e. The van der Waals surface area contributed by atoms with E-state index in [0.29, 0.717) is 6.42 Å². The maximum atomic E-state index is 11.5. The van der Waals surface area contributed by atoms with E-state index in [1.54, 1.807) is 6.92 Å². The molecule has 1 N–H and O–H groups in total. The van der Waals surface area contributed by atoms with Gasteiger partial charge in [0.05, 0.1) is 6.10 Å². The summed E-state index contributed by atoms with van der Waals surface area (Å²) in [6.07, 6.45) is 2.01. The van der Waals surface area contributed by atoms with E-state index in [9.17, 15) is 9.59 Å². The number of hydrogen-bond donors (Lipinski definition) is 1. The summed E-state index contributed by atoms with van der Waals surface area (Å²) < 4.78 is 18.0. The minimum Gasteiger partial charge on any atom is -0.478 e. The Labute approximate surface area is 148 Å².